The summed E-state index contributed by atoms with van der Waals surface area (Å²) in [5, 5.41) is 12.6. The van der Waals surface area contributed by atoms with Crippen LogP contribution in [0.3, 0.4) is 0 Å². The van der Waals surface area contributed by atoms with Gasteiger partial charge in [0.15, 0.2) is 0 Å². The fourth-order valence-corrected chi connectivity index (χ4v) is 5.38. The number of nitro groups is 1. The number of esters is 1. The molecule has 0 aliphatic heterocycles. The summed E-state index contributed by atoms with van der Waals surface area (Å²) in [6.07, 6.45) is 5.98. The number of carbonyl (C=O) groups excluding carboxylic acids is 1. The van der Waals surface area contributed by atoms with Crippen molar-refractivity contribution < 1.29 is 14.5 Å². The molecule has 0 bridgehead atoms. The van der Waals surface area contributed by atoms with E-state index in [4.69, 9.17) is 4.74 Å². The van der Waals surface area contributed by atoms with E-state index in [-0.39, 0.29) is 10.6 Å². The van der Waals surface area contributed by atoms with Gasteiger partial charge in [-0.3, -0.25) is 10.1 Å². The van der Waals surface area contributed by atoms with Gasteiger partial charge in [-0.15, -0.1) is 23.1 Å². The lowest BCUT2D eigenvalue weighted by Crippen LogP contribution is -2.07. The van der Waals surface area contributed by atoms with Crippen molar-refractivity contribution in [2.45, 2.75) is 42.2 Å². The highest BCUT2D eigenvalue weighted by molar-refractivity contribution is 8.00. The molecule has 0 radical (unpaired) electrons. The number of hydrogen-bond donors (Lipinski definition) is 0. The van der Waals surface area contributed by atoms with Gasteiger partial charge in [-0.2, -0.15) is 0 Å². The molecule has 1 heterocycles. The average molecular weight is 351 g/mol. The van der Waals surface area contributed by atoms with Crippen LogP contribution in [0.5, 0.6) is 0 Å². The van der Waals surface area contributed by atoms with Crippen molar-refractivity contribution in [3.8, 4) is 0 Å². The Kier molecular flexibility index (Phi) is 4.87. The predicted octanol–water partition coefficient (Wildman–Crippen LogP) is 5.02. The zero-order valence-electron chi connectivity index (χ0n) is 12.7. The Morgan fingerprint density at radius 1 is 1.30 bits per heavy atom. The van der Waals surface area contributed by atoms with Gasteiger partial charge < -0.3 is 4.74 Å². The number of rotatable bonds is 4. The second-order valence-electron chi connectivity index (χ2n) is 5.59. The minimum Gasteiger partial charge on any atom is -0.465 e. The molecule has 1 saturated carbocycles. The molecule has 0 N–H and O–H groups in total. The van der Waals surface area contributed by atoms with E-state index in [1.54, 1.807) is 23.9 Å². The van der Waals surface area contributed by atoms with Gasteiger partial charge in [-0.1, -0.05) is 19.3 Å². The molecule has 0 amide bonds. The Hall–Kier alpha value is -1.60. The normalized spacial score (nSPS) is 15.7. The first-order chi connectivity index (χ1) is 11.1. The van der Waals surface area contributed by atoms with Gasteiger partial charge in [-0.05, 0) is 18.9 Å². The van der Waals surface area contributed by atoms with Crippen LogP contribution in [0.15, 0.2) is 23.1 Å². The lowest BCUT2D eigenvalue weighted by atomic mass is 10.0. The van der Waals surface area contributed by atoms with E-state index in [2.05, 4.69) is 0 Å². The topological polar surface area (TPSA) is 69.4 Å². The number of ether oxygens (including phenoxy) is 1. The number of non-ortho nitro benzene ring substituents is 1. The summed E-state index contributed by atoms with van der Waals surface area (Å²) in [5.41, 5.74) is 0.0778. The van der Waals surface area contributed by atoms with Gasteiger partial charge >= 0.3 is 5.97 Å². The molecule has 2 aromatic rings. The highest BCUT2D eigenvalue weighted by Crippen LogP contribution is 2.41. The van der Waals surface area contributed by atoms with E-state index >= 15 is 0 Å². The molecule has 1 aliphatic rings. The number of carbonyl (C=O) groups is 1. The van der Waals surface area contributed by atoms with Gasteiger partial charge in [-0.25, -0.2) is 4.79 Å². The summed E-state index contributed by atoms with van der Waals surface area (Å²) in [6.45, 7) is 0. The lowest BCUT2D eigenvalue weighted by molar-refractivity contribution is -0.384. The minimum atomic E-state index is -0.400. The van der Waals surface area contributed by atoms with Crippen LogP contribution in [0.25, 0.3) is 10.1 Å². The molecule has 1 aromatic carbocycles. The maximum Gasteiger partial charge on any atom is 0.348 e. The largest absolute Gasteiger partial charge is 0.465 e. The lowest BCUT2D eigenvalue weighted by Gasteiger charge is -2.21. The Bertz CT molecular complexity index is 750. The molecule has 0 saturated heterocycles. The quantitative estimate of drug-likeness (QED) is 0.439. The molecule has 3 rings (SSSR count). The van der Waals surface area contributed by atoms with Crippen LogP contribution in [-0.2, 0) is 4.74 Å². The van der Waals surface area contributed by atoms with Gasteiger partial charge in [0.1, 0.15) is 4.88 Å². The van der Waals surface area contributed by atoms with E-state index in [1.807, 2.05) is 0 Å². The van der Waals surface area contributed by atoms with Crippen molar-refractivity contribution >= 4 is 44.8 Å². The molecular weight excluding hydrogens is 334 g/mol. The van der Waals surface area contributed by atoms with Crippen LogP contribution in [0.1, 0.15) is 41.8 Å². The van der Waals surface area contributed by atoms with E-state index in [9.17, 15) is 14.9 Å². The molecule has 122 valence electrons. The molecule has 1 fully saturated rings. The fraction of sp³-hybridized carbons (Fsp3) is 0.438. The molecule has 23 heavy (non-hydrogen) atoms. The van der Waals surface area contributed by atoms with Crippen molar-refractivity contribution in [1.82, 2.24) is 0 Å². The summed E-state index contributed by atoms with van der Waals surface area (Å²) < 4.78 is 5.53. The number of fused-ring (bicyclic) bond motifs is 1. The fourth-order valence-electron chi connectivity index (χ4n) is 2.86. The molecule has 0 unspecified atom stereocenters. The smallest absolute Gasteiger partial charge is 0.348 e. The maximum atomic E-state index is 11.8. The van der Waals surface area contributed by atoms with Crippen LogP contribution in [0, 0.1) is 10.1 Å². The summed E-state index contributed by atoms with van der Waals surface area (Å²) >= 11 is 2.95. The third-order valence-electron chi connectivity index (χ3n) is 4.03. The van der Waals surface area contributed by atoms with Crippen molar-refractivity contribution in [2.24, 2.45) is 0 Å². The first-order valence-electron chi connectivity index (χ1n) is 7.55. The SMILES string of the molecule is COC(=O)c1cc2c(SC3CCCCC3)cc([N+](=O)[O-])cc2s1. The number of benzene rings is 1. The first-order valence-corrected chi connectivity index (χ1v) is 9.25. The van der Waals surface area contributed by atoms with E-state index in [0.717, 1.165) is 27.8 Å². The third-order valence-corrected chi connectivity index (χ3v) is 6.49. The van der Waals surface area contributed by atoms with Gasteiger partial charge in [0, 0.05) is 32.4 Å². The molecule has 0 atom stereocenters. The minimum absolute atomic E-state index is 0.0778. The molecule has 7 heteroatoms. The van der Waals surface area contributed by atoms with Crippen LogP contribution in [0.4, 0.5) is 5.69 Å². The molecule has 1 aromatic heterocycles. The number of methoxy groups -OCH3 is 1. The van der Waals surface area contributed by atoms with Crippen molar-refractivity contribution in [1.29, 1.82) is 0 Å². The second kappa shape index (κ2) is 6.88. The van der Waals surface area contributed by atoms with Crippen LogP contribution in [-0.4, -0.2) is 23.3 Å². The van der Waals surface area contributed by atoms with Crippen molar-refractivity contribution in [3.05, 3.63) is 33.2 Å². The average Bonchev–Trinajstić information content (AvgIpc) is 2.99. The Balaban J connectivity index is 2.03. The Morgan fingerprint density at radius 2 is 2.04 bits per heavy atom. The van der Waals surface area contributed by atoms with Gasteiger partial charge in [0.25, 0.3) is 5.69 Å². The van der Waals surface area contributed by atoms with Crippen LogP contribution in [0.2, 0.25) is 0 Å². The molecule has 0 spiro atoms. The van der Waals surface area contributed by atoms with Crippen LogP contribution < -0.4 is 0 Å². The van der Waals surface area contributed by atoms with E-state index in [1.165, 1.54) is 43.8 Å². The molecule has 1 aliphatic carbocycles. The van der Waals surface area contributed by atoms with E-state index < -0.39 is 5.97 Å². The number of thiophene rings is 1. The van der Waals surface area contributed by atoms with E-state index in [0.29, 0.717) is 10.1 Å². The van der Waals surface area contributed by atoms with Gasteiger partial charge in [0.2, 0.25) is 0 Å². The monoisotopic (exact) mass is 351 g/mol. The molecule has 5 nitrogen and oxygen atoms in total. The second-order valence-corrected chi connectivity index (χ2v) is 8.02. The van der Waals surface area contributed by atoms with Gasteiger partial charge in [0.05, 0.1) is 12.0 Å². The standard InChI is InChI=1S/C16H17NO4S2/c1-21-16(18)15-9-12-13(22-11-5-3-2-4-6-11)7-10(17(19)20)8-14(12)23-15/h7-9,11H,2-6H2,1H3. The highest BCUT2D eigenvalue weighted by atomic mass is 32.2. The highest BCUT2D eigenvalue weighted by Gasteiger charge is 2.21. The Labute approximate surface area is 142 Å². The van der Waals surface area contributed by atoms with Crippen molar-refractivity contribution in [3.63, 3.8) is 0 Å². The summed E-state index contributed by atoms with van der Waals surface area (Å²) in [4.78, 5) is 23.9. The maximum absolute atomic E-state index is 11.8. The van der Waals surface area contributed by atoms with Crippen molar-refractivity contribution in [2.75, 3.05) is 7.11 Å². The first kappa shape index (κ1) is 16.3. The Morgan fingerprint density at radius 3 is 2.70 bits per heavy atom. The summed E-state index contributed by atoms with van der Waals surface area (Å²) in [7, 11) is 1.34. The summed E-state index contributed by atoms with van der Waals surface area (Å²) in [6, 6.07) is 4.97. The van der Waals surface area contributed by atoms with Crippen LogP contribution >= 0.6 is 23.1 Å². The molecular formula is C16H17NO4S2. The number of thioether (sulfide) groups is 1. The third kappa shape index (κ3) is 3.50. The number of nitro benzene ring substituents is 1. The zero-order chi connectivity index (χ0) is 16.4. The zero-order valence-corrected chi connectivity index (χ0v) is 14.4. The summed E-state index contributed by atoms with van der Waals surface area (Å²) in [5.74, 6) is -0.400. The number of nitrogens with zero attached hydrogens (tertiary/aromatic N) is 1. The number of hydrogen-bond acceptors (Lipinski definition) is 6. The predicted molar refractivity (Wildman–Crippen MR) is 92.5 cm³/mol.